The summed E-state index contributed by atoms with van der Waals surface area (Å²) in [4.78, 5) is 11.8. The van der Waals surface area contributed by atoms with Crippen molar-refractivity contribution in [3.05, 3.63) is 0 Å². The molecule has 4 heteroatoms. The fourth-order valence-electron chi connectivity index (χ4n) is 2.98. The van der Waals surface area contributed by atoms with Gasteiger partial charge in [-0.2, -0.15) is 0 Å². The number of carbonyl (C=O) groups is 1. The predicted octanol–water partition coefficient (Wildman–Crippen LogP) is 3.85. The van der Waals surface area contributed by atoms with Crippen LogP contribution in [0.3, 0.4) is 0 Å². The van der Waals surface area contributed by atoms with Gasteiger partial charge in [0, 0.05) is 18.1 Å². The zero-order valence-electron chi connectivity index (χ0n) is 14.7. The van der Waals surface area contributed by atoms with Crippen LogP contribution in [0.4, 0.5) is 4.79 Å². The third-order valence-electron chi connectivity index (χ3n) is 4.13. The molecule has 4 unspecified atom stereocenters. The van der Waals surface area contributed by atoms with E-state index in [2.05, 4.69) is 31.4 Å². The molecule has 1 fully saturated rings. The highest BCUT2D eigenvalue weighted by Crippen LogP contribution is 2.21. The Balaban J connectivity index is 2.27. The molecule has 4 atom stereocenters. The third-order valence-corrected chi connectivity index (χ3v) is 4.13. The minimum atomic E-state index is -0.425. The number of ether oxygens (including phenoxy) is 1. The van der Waals surface area contributed by atoms with Crippen LogP contribution in [0, 0.1) is 5.92 Å². The van der Waals surface area contributed by atoms with Crippen molar-refractivity contribution >= 4 is 6.09 Å². The van der Waals surface area contributed by atoms with Gasteiger partial charge < -0.3 is 15.4 Å². The fourth-order valence-corrected chi connectivity index (χ4v) is 2.98. The van der Waals surface area contributed by atoms with Gasteiger partial charge in [-0.1, -0.05) is 20.3 Å². The van der Waals surface area contributed by atoms with E-state index in [0.29, 0.717) is 12.1 Å². The quantitative estimate of drug-likeness (QED) is 0.783. The highest BCUT2D eigenvalue weighted by atomic mass is 16.6. The number of carbonyl (C=O) groups excluding carboxylic acids is 1. The molecule has 0 saturated heterocycles. The van der Waals surface area contributed by atoms with Crippen molar-refractivity contribution in [1.82, 2.24) is 10.6 Å². The summed E-state index contributed by atoms with van der Waals surface area (Å²) in [6.45, 7) is 12.5. The summed E-state index contributed by atoms with van der Waals surface area (Å²) in [7, 11) is 0. The molecule has 0 aromatic heterocycles. The zero-order chi connectivity index (χ0) is 16.0. The minimum absolute atomic E-state index is 0.244. The summed E-state index contributed by atoms with van der Waals surface area (Å²) >= 11 is 0. The smallest absolute Gasteiger partial charge is 0.407 e. The average Bonchev–Trinajstić information content (AvgIpc) is 2.73. The van der Waals surface area contributed by atoms with E-state index in [1.807, 2.05) is 20.8 Å². The molecule has 1 rings (SSSR count). The van der Waals surface area contributed by atoms with E-state index < -0.39 is 5.60 Å². The second kappa shape index (κ2) is 8.02. The maximum absolute atomic E-state index is 11.8. The lowest BCUT2D eigenvalue weighted by Crippen LogP contribution is -2.40. The van der Waals surface area contributed by atoms with E-state index in [0.717, 1.165) is 25.2 Å². The van der Waals surface area contributed by atoms with E-state index in [4.69, 9.17) is 4.74 Å². The normalized spacial score (nSPS) is 25.4. The van der Waals surface area contributed by atoms with Crippen molar-refractivity contribution in [1.29, 1.82) is 0 Å². The lowest BCUT2D eigenvalue weighted by molar-refractivity contribution is 0.0505. The summed E-state index contributed by atoms with van der Waals surface area (Å²) < 4.78 is 5.31. The first-order valence-corrected chi connectivity index (χ1v) is 8.45. The van der Waals surface area contributed by atoms with Crippen LogP contribution in [0.1, 0.15) is 73.6 Å². The number of hydrogen-bond donors (Lipinski definition) is 2. The summed E-state index contributed by atoms with van der Waals surface area (Å²) in [5, 5.41) is 6.69. The van der Waals surface area contributed by atoms with Crippen LogP contribution in [0.15, 0.2) is 0 Å². The van der Waals surface area contributed by atoms with Gasteiger partial charge in [-0.15, -0.1) is 0 Å². The fraction of sp³-hybridized carbons (Fsp3) is 0.941. The first kappa shape index (κ1) is 18.3. The van der Waals surface area contributed by atoms with Crippen LogP contribution in [-0.4, -0.2) is 29.8 Å². The Morgan fingerprint density at radius 1 is 1.24 bits per heavy atom. The molecule has 1 aliphatic rings. The molecule has 0 bridgehead atoms. The van der Waals surface area contributed by atoms with Crippen LogP contribution in [-0.2, 0) is 4.74 Å². The highest BCUT2D eigenvalue weighted by Gasteiger charge is 2.28. The zero-order valence-corrected chi connectivity index (χ0v) is 14.7. The standard InChI is InChI=1S/C17H34N2O2/c1-7-12(2)10-13(3)18-14-8-9-15(11-14)19-16(20)21-17(4,5)6/h12-15,18H,7-11H2,1-6H3,(H,19,20). The molecule has 124 valence electrons. The number of hydrogen-bond acceptors (Lipinski definition) is 3. The minimum Gasteiger partial charge on any atom is -0.444 e. The molecule has 0 heterocycles. The Bertz CT molecular complexity index is 325. The number of amides is 1. The van der Waals surface area contributed by atoms with Crippen molar-refractivity contribution in [2.24, 2.45) is 5.92 Å². The number of rotatable bonds is 6. The molecule has 1 saturated carbocycles. The van der Waals surface area contributed by atoms with Crippen LogP contribution in [0.5, 0.6) is 0 Å². The van der Waals surface area contributed by atoms with Crippen molar-refractivity contribution in [3.63, 3.8) is 0 Å². The first-order chi connectivity index (χ1) is 9.69. The number of nitrogens with one attached hydrogen (secondary N) is 2. The van der Waals surface area contributed by atoms with E-state index in [-0.39, 0.29) is 12.1 Å². The molecule has 4 nitrogen and oxygen atoms in total. The van der Waals surface area contributed by atoms with E-state index in [1.165, 1.54) is 12.8 Å². The van der Waals surface area contributed by atoms with Crippen molar-refractivity contribution in [2.45, 2.75) is 97.4 Å². The van der Waals surface area contributed by atoms with Gasteiger partial charge in [-0.05, 0) is 59.3 Å². The van der Waals surface area contributed by atoms with Gasteiger partial charge in [-0.3, -0.25) is 0 Å². The first-order valence-electron chi connectivity index (χ1n) is 8.45. The van der Waals surface area contributed by atoms with Gasteiger partial charge in [0.05, 0.1) is 0 Å². The average molecular weight is 298 g/mol. The SMILES string of the molecule is CCC(C)CC(C)NC1CCC(NC(=O)OC(C)(C)C)C1. The molecule has 0 aromatic rings. The van der Waals surface area contributed by atoms with Gasteiger partial charge >= 0.3 is 6.09 Å². The molecule has 1 amide bonds. The van der Waals surface area contributed by atoms with Crippen molar-refractivity contribution in [3.8, 4) is 0 Å². The largest absolute Gasteiger partial charge is 0.444 e. The Morgan fingerprint density at radius 2 is 1.86 bits per heavy atom. The van der Waals surface area contributed by atoms with Gasteiger partial charge in [0.2, 0.25) is 0 Å². The number of alkyl carbamates (subject to hydrolysis) is 1. The van der Waals surface area contributed by atoms with Crippen LogP contribution in [0.25, 0.3) is 0 Å². The molecular weight excluding hydrogens is 264 g/mol. The summed E-state index contributed by atoms with van der Waals surface area (Å²) in [5.41, 5.74) is -0.425. The summed E-state index contributed by atoms with van der Waals surface area (Å²) in [6, 6.07) is 1.31. The van der Waals surface area contributed by atoms with Crippen molar-refractivity contribution in [2.75, 3.05) is 0 Å². The molecule has 0 spiro atoms. The van der Waals surface area contributed by atoms with E-state index in [9.17, 15) is 4.79 Å². The topological polar surface area (TPSA) is 50.4 Å². The molecule has 21 heavy (non-hydrogen) atoms. The molecule has 1 aliphatic carbocycles. The van der Waals surface area contributed by atoms with Crippen LogP contribution < -0.4 is 10.6 Å². The third kappa shape index (κ3) is 7.70. The maximum Gasteiger partial charge on any atom is 0.407 e. The molecule has 0 radical (unpaired) electrons. The van der Waals surface area contributed by atoms with Gasteiger partial charge in [0.15, 0.2) is 0 Å². The second-order valence-corrected chi connectivity index (χ2v) is 7.67. The Hall–Kier alpha value is -0.770. The Morgan fingerprint density at radius 3 is 2.43 bits per heavy atom. The van der Waals surface area contributed by atoms with E-state index in [1.54, 1.807) is 0 Å². The predicted molar refractivity (Wildman–Crippen MR) is 87.5 cm³/mol. The molecule has 2 N–H and O–H groups in total. The van der Waals surface area contributed by atoms with Crippen LogP contribution in [0.2, 0.25) is 0 Å². The van der Waals surface area contributed by atoms with Crippen LogP contribution >= 0.6 is 0 Å². The Labute approximate surface area is 130 Å². The Kier molecular flexibility index (Phi) is 6.98. The summed E-state index contributed by atoms with van der Waals surface area (Å²) in [6.07, 6.45) is 5.33. The highest BCUT2D eigenvalue weighted by molar-refractivity contribution is 5.68. The molecule has 0 aromatic carbocycles. The van der Waals surface area contributed by atoms with Crippen molar-refractivity contribution < 1.29 is 9.53 Å². The van der Waals surface area contributed by atoms with Gasteiger partial charge in [0.1, 0.15) is 5.60 Å². The van der Waals surface area contributed by atoms with Gasteiger partial charge in [-0.25, -0.2) is 4.79 Å². The second-order valence-electron chi connectivity index (χ2n) is 7.67. The lowest BCUT2D eigenvalue weighted by atomic mass is 9.99. The van der Waals surface area contributed by atoms with E-state index >= 15 is 0 Å². The molecular formula is C17H34N2O2. The summed E-state index contributed by atoms with van der Waals surface area (Å²) in [5.74, 6) is 0.768. The molecule has 0 aliphatic heterocycles. The monoisotopic (exact) mass is 298 g/mol. The van der Waals surface area contributed by atoms with Gasteiger partial charge in [0.25, 0.3) is 0 Å². The maximum atomic E-state index is 11.8. The lowest BCUT2D eigenvalue weighted by Gasteiger charge is -2.23.